The van der Waals surface area contributed by atoms with Crippen LogP contribution in [0, 0.1) is 0 Å². The van der Waals surface area contributed by atoms with E-state index in [2.05, 4.69) is 5.16 Å². The van der Waals surface area contributed by atoms with Crippen LogP contribution in [0.15, 0.2) is 35.1 Å². The van der Waals surface area contributed by atoms with Gasteiger partial charge in [0.25, 0.3) is 0 Å². The van der Waals surface area contributed by atoms with Gasteiger partial charge in [0.1, 0.15) is 17.7 Å². The number of benzene rings is 1. The van der Waals surface area contributed by atoms with Crippen molar-refractivity contribution >= 4 is 0 Å². The van der Waals surface area contributed by atoms with Crippen molar-refractivity contribution in [1.29, 1.82) is 0 Å². The van der Waals surface area contributed by atoms with Gasteiger partial charge in [-0.15, -0.1) is 0 Å². The first-order chi connectivity index (χ1) is 6.83. The van der Waals surface area contributed by atoms with E-state index in [0.717, 1.165) is 5.56 Å². The highest BCUT2D eigenvalue weighted by Gasteiger charge is 2.11. The molecule has 1 aromatic heterocycles. The highest BCUT2D eigenvalue weighted by atomic mass is 16.5. The van der Waals surface area contributed by atoms with E-state index >= 15 is 0 Å². The summed E-state index contributed by atoms with van der Waals surface area (Å²) in [6.45, 7) is 0.292. The molecule has 0 fully saturated rings. The van der Waals surface area contributed by atoms with E-state index in [4.69, 9.17) is 10.3 Å². The molecule has 14 heavy (non-hydrogen) atoms. The van der Waals surface area contributed by atoms with Crippen molar-refractivity contribution < 1.29 is 9.63 Å². The number of nitrogens with two attached hydrogens (primary N) is 1. The Labute approximate surface area is 81.0 Å². The van der Waals surface area contributed by atoms with Gasteiger partial charge in [0.05, 0.1) is 0 Å². The summed E-state index contributed by atoms with van der Waals surface area (Å²) < 4.78 is 4.80. The minimum Gasteiger partial charge on any atom is -0.507 e. The first kappa shape index (κ1) is 8.77. The molecule has 0 aliphatic carbocycles. The van der Waals surface area contributed by atoms with E-state index in [-0.39, 0.29) is 5.75 Å². The van der Waals surface area contributed by atoms with Gasteiger partial charge in [0.2, 0.25) is 0 Å². The normalized spacial score (nSPS) is 10.4. The van der Waals surface area contributed by atoms with Crippen molar-refractivity contribution in [2.45, 2.75) is 6.54 Å². The molecule has 0 saturated carbocycles. The number of rotatable bonds is 2. The van der Waals surface area contributed by atoms with Gasteiger partial charge in [-0.05, 0) is 6.07 Å². The summed E-state index contributed by atoms with van der Waals surface area (Å²) in [4.78, 5) is 0. The lowest BCUT2D eigenvalue weighted by Crippen LogP contribution is -1.98. The predicted octanol–water partition coefficient (Wildman–Crippen LogP) is 1.51. The Morgan fingerprint density at radius 2 is 2.07 bits per heavy atom. The summed E-state index contributed by atoms with van der Waals surface area (Å²) in [5.74, 6) is 0.199. The third kappa shape index (κ3) is 1.36. The highest BCUT2D eigenvalue weighted by molar-refractivity contribution is 5.70. The second kappa shape index (κ2) is 3.51. The smallest absolute Gasteiger partial charge is 0.132 e. The molecule has 0 spiro atoms. The molecule has 2 aromatic rings. The zero-order valence-corrected chi connectivity index (χ0v) is 7.47. The van der Waals surface area contributed by atoms with Crippen molar-refractivity contribution in [3.8, 4) is 16.9 Å². The first-order valence-electron chi connectivity index (χ1n) is 4.24. The number of hydrogen-bond acceptors (Lipinski definition) is 4. The van der Waals surface area contributed by atoms with E-state index in [1.807, 2.05) is 6.07 Å². The molecule has 0 aliphatic rings. The molecule has 3 N–H and O–H groups in total. The average molecular weight is 190 g/mol. The second-order valence-electron chi connectivity index (χ2n) is 2.90. The maximum atomic E-state index is 9.59. The zero-order chi connectivity index (χ0) is 9.97. The Kier molecular flexibility index (Phi) is 2.20. The molecule has 4 heteroatoms. The van der Waals surface area contributed by atoms with Gasteiger partial charge in [0, 0.05) is 17.7 Å². The molecule has 1 aromatic carbocycles. The van der Waals surface area contributed by atoms with E-state index in [9.17, 15) is 5.11 Å². The Morgan fingerprint density at radius 3 is 2.79 bits per heavy atom. The summed E-state index contributed by atoms with van der Waals surface area (Å²) in [6, 6.07) is 7.00. The minimum atomic E-state index is 0.199. The van der Waals surface area contributed by atoms with E-state index < -0.39 is 0 Å². The van der Waals surface area contributed by atoms with Crippen LogP contribution in [0.25, 0.3) is 11.1 Å². The molecule has 0 aliphatic heterocycles. The van der Waals surface area contributed by atoms with Crippen LogP contribution in [-0.2, 0) is 6.54 Å². The molecule has 0 unspecified atom stereocenters. The topological polar surface area (TPSA) is 72.3 Å². The quantitative estimate of drug-likeness (QED) is 0.752. The molecule has 72 valence electrons. The summed E-state index contributed by atoms with van der Waals surface area (Å²) in [6.07, 6.45) is 1.48. The minimum absolute atomic E-state index is 0.199. The van der Waals surface area contributed by atoms with Crippen LogP contribution in [-0.4, -0.2) is 10.3 Å². The molecule has 1 heterocycles. The lowest BCUT2D eigenvalue weighted by atomic mass is 10.1. The highest BCUT2D eigenvalue weighted by Crippen LogP contribution is 2.30. The van der Waals surface area contributed by atoms with Gasteiger partial charge in [-0.2, -0.15) is 0 Å². The molecule has 0 saturated heterocycles. The summed E-state index contributed by atoms with van der Waals surface area (Å²) in [5.41, 5.74) is 7.55. The van der Waals surface area contributed by atoms with Crippen LogP contribution in [0.2, 0.25) is 0 Å². The number of hydrogen-bond donors (Lipinski definition) is 2. The Bertz CT molecular complexity index is 437. The number of phenols is 1. The zero-order valence-electron chi connectivity index (χ0n) is 7.47. The Hall–Kier alpha value is -1.81. The molecule has 0 radical (unpaired) electrons. The molecular formula is C10H10N2O2. The second-order valence-corrected chi connectivity index (χ2v) is 2.90. The maximum Gasteiger partial charge on any atom is 0.132 e. The molecule has 0 bridgehead atoms. The van der Waals surface area contributed by atoms with Crippen LogP contribution in [0.5, 0.6) is 5.75 Å². The Balaban J connectivity index is 2.54. The van der Waals surface area contributed by atoms with Gasteiger partial charge >= 0.3 is 0 Å². The first-order valence-corrected chi connectivity index (χ1v) is 4.24. The summed E-state index contributed by atoms with van der Waals surface area (Å²) in [7, 11) is 0. The fraction of sp³-hybridized carbons (Fsp3) is 0.100. The fourth-order valence-electron chi connectivity index (χ4n) is 1.33. The SMILES string of the molecule is NCc1nocc1-c1ccccc1O. The van der Waals surface area contributed by atoms with Gasteiger partial charge < -0.3 is 15.4 Å². The molecular weight excluding hydrogens is 180 g/mol. The van der Waals surface area contributed by atoms with Crippen molar-refractivity contribution in [2.75, 3.05) is 0 Å². The molecule has 4 nitrogen and oxygen atoms in total. The van der Waals surface area contributed by atoms with Gasteiger partial charge in [-0.3, -0.25) is 0 Å². The van der Waals surface area contributed by atoms with Gasteiger partial charge in [-0.25, -0.2) is 0 Å². The number of aromatic hydroxyl groups is 1. The maximum absolute atomic E-state index is 9.59. The van der Waals surface area contributed by atoms with Crippen LogP contribution in [0.1, 0.15) is 5.69 Å². The number of aromatic nitrogens is 1. The third-order valence-electron chi connectivity index (χ3n) is 2.03. The molecule has 0 atom stereocenters. The van der Waals surface area contributed by atoms with Crippen molar-refractivity contribution in [2.24, 2.45) is 5.73 Å². The van der Waals surface area contributed by atoms with E-state index in [1.54, 1.807) is 18.2 Å². The van der Waals surface area contributed by atoms with Crippen molar-refractivity contribution in [3.05, 3.63) is 36.2 Å². The number of nitrogens with zero attached hydrogens (tertiary/aromatic N) is 1. The lowest BCUT2D eigenvalue weighted by molar-refractivity contribution is 0.412. The number of phenolic OH excluding ortho intramolecular Hbond substituents is 1. The largest absolute Gasteiger partial charge is 0.507 e. The average Bonchev–Trinajstić information content (AvgIpc) is 2.66. The predicted molar refractivity (Wildman–Crippen MR) is 51.5 cm³/mol. The van der Waals surface area contributed by atoms with Crippen molar-refractivity contribution in [1.82, 2.24) is 5.16 Å². The summed E-state index contributed by atoms with van der Waals surface area (Å²) in [5, 5.41) is 13.3. The van der Waals surface area contributed by atoms with Crippen LogP contribution < -0.4 is 5.73 Å². The van der Waals surface area contributed by atoms with Crippen LogP contribution >= 0.6 is 0 Å². The van der Waals surface area contributed by atoms with Gasteiger partial charge in [0.15, 0.2) is 0 Å². The summed E-state index contributed by atoms with van der Waals surface area (Å²) >= 11 is 0. The fourth-order valence-corrected chi connectivity index (χ4v) is 1.33. The van der Waals surface area contributed by atoms with Crippen LogP contribution in [0.4, 0.5) is 0 Å². The monoisotopic (exact) mass is 190 g/mol. The van der Waals surface area contributed by atoms with E-state index in [0.29, 0.717) is 17.8 Å². The van der Waals surface area contributed by atoms with Gasteiger partial charge in [-0.1, -0.05) is 23.4 Å². The standard InChI is InChI=1S/C10H10N2O2/c11-5-9-8(6-14-12-9)7-3-1-2-4-10(7)13/h1-4,6,13H,5,11H2. The molecule has 0 amide bonds. The molecule has 2 rings (SSSR count). The number of para-hydroxylation sites is 1. The lowest BCUT2D eigenvalue weighted by Gasteiger charge is -2.01. The Morgan fingerprint density at radius 1 is 1.29 bits per heavy atom. The van der Waals surface area contributed by atoms with Crippen molar-refractivity contribution in [3.63, 3.8) is 0 Å². The van der Waals surface area contributed by atoms with E-state index in [1.165, 1.54) is 6.26 Å². The third-order valence-corrected chi connectivity index (χ3v) is 2.03. The van der Waals surface area contributed by atoms with Crippen LogP contribution in [0.3, 0.4) is 0 Å².